The number of nitrogens with one attached hydrogen (secondary N) is 3. The van der Waals surface area contributed by atoms with Crippen LogP contribution in [0.2, 0.25) is 5.02 Å². The van der Waals surface area contributed by atoms with Crippen molar-refractivity contribution in [3.8, 4) is 5.75 Å². The standard InChI is InChI=1S/C27H27ClN4O4/c1-3-19-9-12-23(13-10-19)31-25(33)17-36-24-14-11-22(28)15-21(24)16-29-32-27(35)26(34)30-18(2)20-7-5-4-6-8-20/h4-16,18H,3,17H2,1-2H3,(H,30,34)(H,31,33)(H,32,35)/b29-16-/t18-/m0/s1. The Morgan fingerprint density at radius 3 is 2.42 bits per heavy atom. The maximum atomic E-state index is 12.3. The van der Waals surface area contributed by atoms with Crippen LogP contribution in [-0.2, 0) is 20.8 Å². The van der Waals surface area contributed by atoms with Crippen molar-refractivity contribution in [3.05, 3.63) is 94.5 Å². The number of carbonyl (C=O) groups excluding carboxylic acids is 3. The highest BCUT2D eigenvalue weighted by Gasteiger charge is 2.16. The van der Waals surface area contributed by atoms with E-state index in [1.807, 2.05) is 54.6 Å². The summed E-state index contributed by atoms with van der Waals surface area (Å²) in [5.74, 6) is -1.76. The first-order valence-corrected chi connectivity index (χ1v) is 11.7. The smallest absolute Gasteiger partial charge is 0.329 e. The Bertz CT molecular complexity index is 1230. The molecular formula is C27H27ClN4O4. The van der Waals surface area contributed by atoms with Crippen molar-refractivity contribution in [1.29, 1.82) is 0 Å². The maximum absolute atomic E-state index is 12.3. The molecule has 0 heterocycles. The molecule has 186 valence electrons. The lowest BCUT2D eigenvalue weighted by Gasteiger charge is -2.13. The van der Waals surface area contributed by atoms with Crippen LogP contribution in [-0.4, -0.2) is 30.5 Å². The molecule has 0 bridgehead atoms. The van der Waals surface area contributed by atoms with Gasteiger partial charge in [0.25, 0.3) is 5.91 Å². The molecule has 0 fully saturated rings. The van der Waals surface area contributed by atoms with Gasteiger partial charge in [-0.3, -0.25) is 14.4 Å². The van der Waals surface area contributed by atoms with Gasteiger partial charge in [-0.15, -0.1) is 0 Å². The normalized spacial score (nSPS) is 11.5. The summed E-state index contributed by atoms with van der Waals surface area (Å²) in [6.07, 6.45) is 2.20. The molecule has 0 saturated carbocycles. The van der Waals surface area contributed by atoms with E-state index in [-0.39, 0.29) is 18.6 Å². The van der Waals surface area contributed by atoms with Crippen LogP contribution in [0.1, 0.15) is 36.6 Å². The van der Waals surface area contributed by atoms with Crippen LogP contribution in [0.5, 0.6) is 5.75 Å². The summed E-state index contributed by atoms with van der Waals surface area (Å²) in [5, 5.41) is 9.61. The summed E-state index contributed by atoms with van der Waals surface area (Å²) in [7, 11) is 0. The van der Waals surface area contributed by atoms with E-state index in [1.165, 1.54) is 11.8 Å². The van der Waals surface area contributed by atoms with E-state index in [9.17, 15) is 14.4 Å². The van der Waals surface area contributed by atoms with Crippen LogP contribution >= 0.6 is 11.6 Å². The van der Waals surface area contributed by atoms with Gasteiger partial charge in [-0.1, -0.05) is 61.0 Å². The first-order chi connectivity index (χ1) is 17.4. The first-order valence-electron chi connectivity index (χ1n) is 11.4. The van der Waals surface area contributed by atoms with E-state index in [2.05, 4.69) is 28.1 Å². The quantitative estimate of drug-likeness (QED) is 0.229. The molecule has 36 heavy (non-hydrogen) atoms. The minimum absolute atomic E-state index is 0.246. The third-order valence-corrected chi connectivity index (χ3v) is 5.43. The van der Waals surface area contributed by atoms with Gasteiger partial charge >= 0.3 is 11.8 Å². The van der Waals surface area contributed by atoms with E-state index >= 15 is 0 Å². The fraction of sp³-hybridized carbons (Fsp3) is 0.185. The van der Waals surface area contributed by atoms with Gasteiger partial charge in [-0.05, 0) is 54.8 Å². The number of benzene rings is 3. The van der Waals surface area contributed by atoms with E-state index in [0.717, 1.165) is 12.0 Å². The zero-order chi connectivity index (χ0) is 25.9. The van der Waals surface area contributed by atoms with Crippen molar-refractivity contribution in [2.24, 2.45) is 5.10 Å². The summed E-state index contributed by atoms with van der Waals surface area (Å²) in [5.41, 5.74) is 5.30. The number of amides is 3. The molecule has 0 radical (unpaired) electrons. The summed E-state index contributed by atoms with van der Waals surface area (Å²) < 4.78 is 5.62. The fourth-order valence-electron chi connectivity index (χ4n) is 3.21. The lowest BCUT2D eigenvalue weighted by molar-refractivity contribution is -0.139. The number of rotatable bonds is 9. The van der Waals surface area contributed by atoms with E-state index in [0.29, 0.717) is 22.0 Å². The Balaban J connectivity index is 1.54. The van der Waals surface area contributed by atoms with Crippen LogP contribution < -0.4 is 20.8 Å². The number of hydrazone groups is 1. The Hall–Kier alpha value is -4.17. The lowest BCUT2D eigenvalue weighted by Crippen LogP contribution is -2.39. The SMILES string of the molecule is CCc1ccc(NC(=O)COc2ccc(Cl)cc2/C=N\NC(=O)C(=O)N[C@@H](C)c2ccccc2)cc1. The van der Waals surface area contributed by atoms with Crippen molar-refractivity contribution < 1.29 is 19.1 Å². The molecule has 3 rings (SSSR count). The number of nitrogens with zero attached hydrogens (tertiary/aromatic N) is 1. The van der Waals surface area contributed by atoms with Gasteiger partial charge in [0.2, 0.25) is 0 Å². The number of aryl methyl sites for hydroxylation is 1. The summed E-state index contributed by atoms with van der Waals surface area (Å²) in [6, 6.07) is 21.2. The molecular weight excluding hydrogens is 480 g/mol. The van der Waals surface area contributed by atoms with Gasteiger partial charge in [0, 0.05) is 16.3 Å². The molecule has 0 spiro atoms. The summed E-state index contributed by atoms with van der Waals surface area (Å²) >= 11 is 6.07. The van der Waals surface area contributed by atoms with Gasteiger partial charge in [-0.2, -0.15) is 5.10 Å². The Labute approximate surface area is 214 Å². The van der Waals surface area contributed by atoms with Crippen LogP contribution in [0.25, 0.3) is 0 Å². The van der Waals surface area contributed by atoms with E-state index < -0.39 is 11.8 Å². The molecule has 0 saturated heterocycles. The molecule has 0 aliphatic carbocycles. The second-order valence-electron chi connectivity index (χ2n) is 7.87. The second kappa shape index (κ2) is 13.1. The average molecular weight is 507 g/mol. The third-order valence-electron chi connectivity index (χ3n) is 5.20. The van der Waals surface area contributed by atoms with Gasteiger partial charge < -0.3 is 15.4 Å². The highest BCUT2D eigenvalue weighted by atomic mass is 35.5. The minimum atomic E-state index is -0.924. The second-order valence-corrected chi connectivity index (χ2v) is 8.31. The van der Waals surface area contributed by atoms with Crippen LogP contribution in [0.15, 0.2) is 77.9 Å². The van der Waals surface area contributed by atoms with E-state index in [1.54, 1.807) is 25.1 Å². The number of anilines is 1. The van der Waals surface area contributed by atoms with Crippen molar-refractivity contribution in [2.75, 3.05) is 11.9 Å². The predicted molar refractivity (Wildman–Crippen MR) is 140 cm³/mol. The van der Waals surface area contributed by atoms with Gasteiger partial charge in [-0.25, -0.2) is 5.43 Å². The third kappa shape index (κ3) is 7.95. The topological polar surface area (TPSA) is 109 Å². The lowest BCUT2D eigenvalue weighted by atomic mass is 10.1. The van der Waals surface area contributed by atoms with Gasteiger partial charge in [0.15, 0.2) is 6.61 Å². The molecule has 3 N–H and O–H groups in total. The molecule has 3 aromatic rings. The molecule has 1 atom stereocenters. The van der Waals surface area contributed by atoms with Crippen molar-refractivity contribution in [2.45, 2.75) is 26.3 Å². The van der Waals surface area contributed by atoms with E-state index in [4.69, 9.17) is 16.3 Å². The maximum Gasteiger partial charge on any atom is 0.329 e. The number of ether oxygens (including phenoxy) is 1. The zero-order valence-electron chi connectivity index (χ0n) is 20.0. The first kappa shape index (κ1) is 26.4. The van der Waals surface area contributed by atoms with Gasteiger partial charge in [0.1, 0.15) is 5.75 Å². The van der Waals surface area contributed by atoms with Gasteiger partial charge in [0.05, 0.1) is 12.3 Å². The zero-order valence-corrected chi connectivity index (χ0v) is 20.7. The molecule has 0 aliphatic heterocycles. The molecule has 3 aromatic carbocycles. The minimum Gasteiger partial charge on any atom is -0.483 e. The summed E-state index contributed by atoms with van der Waals surface area (Å²) in [4.78, 5) is 36.6. The van der Waals surface area contributed by atoms with Crippen molar-refractivity contribution in [1.82, 2.24) is 10.7 Å². The molecule has 0 aromatic heterocycles. The van der Waals surface area contributed by atoms with Crippen molar-refractivity contribution in [3.63, 3.8) is 0 Å². The number of hydrogen-bond acceptors (Lipinski definition) is 5. The van der Waals surface area contributed by atoms with Crippen LogP contribution in [0.3, 0.4) is 0 Å². The molecule has 8 nitrogen and oxygen atoms in total. The molecule has 9 heteroatoms. The monoisotopic (exact) mass is 506 g/mol. The largest absolute Gasteiger partial charge is 0.483 e. The highest BCUT2D eigenvalue weighted by molar-refractivity contribution is 6.35. The van der Waals surface area contributed by atoms with Crippen molar-refractivity contribution >= 4 is 41.2 Å². The predicted octanol–water partition coefficient (Wildman–Crippen LogP) is 4.25. The number of halogens is 1. The Morgan fingerprint density at radius 2 is 1.72 bits per heavy atom. The Kier molecular flexibility index (Phi) is 9.59. The summed E-state index contributed by atoms with van der Waals surface area (Å²) in [6.45, 7) is 3.58. The Morgan fingerprint density at radius 1 is 1.00 bits per heavy atom. The number of hydrogen-bond donors (Lipinski definition) is 3. The van der Waals surface area contributed by atoms with Crippen LogP contribution in [0, 0.1) is 0 Å². The molecule has 0 unspecified atom stereocenters. The fourth-order valence-corrected chi connectivity index (χ4v) is 3.39. The number of carbonyl (C=O) groups is 3. The van der Waals surface area contributed by atoms with Crippen LogP contribution in [0.4, 0.5) is 5.69 Å². The molecule has 3 amide bonds. The molecule has 0 aliphatic rings. The highest BCUT2D eigenvalue weighted by Crippen LogP contribution is 2.21. The average Bonchev–Trinajstić information content (AvgIpc) is 2.89.